The Morgan fingerprint density at radius 2 is 1.05 bits per heavy atom. The van der Waals surface area contributed by atoms with Gasteiger partial charge in [-0.2, -0.15) is 0 Å². The van der Waals surface area contributed by atoms with Crippen LogP contribution in [0.2, 0.25) is 0 Å². The quantitative estimate of drug-likeness (QED) is 0.162. The van der Waals surface area contributed by atoms with Gasteiger partial charge in [-0.15, -0.1) is 11.3 Å². The number of nitrogens with zero attached hydrogens (tertiary/aromatic N) is 1. The molecule has 3 aliphatic carbocycles. The maximum absolute atomic E-state index is 2.57. The molecule has 2 fully saturated rings. The van der Waals surface area contributed by atoms with E-state index in [-0.39, 0.29) is 5.41 Å². The van der Waals surface area contributed by atoms with E-state index in [1.54, 1.807) is 11.1 Å². The lowest BCUT2D eigenvalue weighted by Gasteiger charge is -2.54. The van der Waals surface area contributed by atoms with Crippen LogP contribution in [0.5, 0.6) is 0 Å². The number of fused-ring (bicyclic) bond motifs is 11. The maximum Gasteiger partial charge on any atom is 0.0468 e. The van der Waals surface area contributed by atoms with Crippen LogP contribution in [0.25, 0.3) is 64.7 Å². The third kappa shape index (κ3) is 5.79. The molecule has 296 valence electrons. The summed E-state index contributed by atoms with van der Waals surface area (Å²) in [5.41, 5.74) is 17.0. The maximum atomic E-state index is 2.57. The van der Waals surface area contributed by atoms with Gasteiger partial charge in [-0.1, -0.05) is 153 Å². The number of rotatable bonds is 6. The molecule has 1 spiro atoms. The van der Waals surface area contributed by atoms with Gasteiger partial charge in [0.1, 0.15) is 0 Å². The molecule has 1 heterocycles. The van der Waals surface area contributed by atoms with Crippen molar-refractivity contribution in [2.45, 2.75) is 44.9 Å². The summed E-state index contributed by atoms with van der Waals surface area (Å²) in [5, 5.41) is 2.67. The first-order valence-electron chi connectivity index (χ1n) is 22.3. The molecule has 12 rings (SSSR count). The Bertz CT molecular complexity index is 3080. The van der Waals surface area contributed by atoms with Crippen LogP contribution in [0.4, 0.5) is 17.1 Å². The number of anilines is 3. The highest BCUT2D eigenvalue weighted by atomic mass is 32.1. The number of benzene rings is 8. The predicted molar refractivity (Wildman–Crippen MR) is 260 cm³/mol. The van der Waals surface area contributed by atoms with E-state index in [0.29, 0.717) is 11.8 Å². The van der Waals surface area contributed by atoms with Crippen LogP contribution in [0.1, 0.15) is 50.7 Å². The van der Waals surface area contributed by atoms with E-state index in [1.165, 1.54) is 96.1 Å². The predicted octanol–water partition coefficient (Wildman–Crippen LogP) is 16.9. The molecule has 5 atom stereocenters. The molecule has 0 amide bonds. The summed E-state index contributed by atoms with van der Waals surface area (Å²) in [6, 6.07) is 70.6. The summed E-state index contributed by atoms with van der Waals surface area (Å²) >= 11 is 1.88. The molecule has 0 radical (unpaired) electrons. The Morgan fingerprint density at radius 3 is 1.85 bits per heavy atom. The van der Waals surface area contributed by atoms with Crippen molar-refractivity contribution in [3.8, 4) is 44.5 Å². The fraction of sp³-hybridized carbons (Fsp3) is 0.186. The highest BCUT2D eigenvalue weighted by molar-refractivity contribution is 7.25. The van der Waals surface area contributed by atoms with Gasteiger partial charge in [-0.05, 0) is 154 Å². The molecule has 2 heteroatoms. The molecule has 0 saturated heterocycles. The van der Waals surface area contributed by atoms with Gasteiger partial charge in [-0.3, -0.25) is 0 Å². The van der Waals surface area contributed by atoms with Crippen LogP contribution in [0, 0.1) is 23.7 Å². The highest BCUT2D eigenvalue weighted by Crippen LogP contribution is 2.65. The van der Waals surface area contributed by atoms with Crippen molar-refractivity contribution in [3.05, 3.63) is 199 Å². The zero-order chi connectivity index (χ0) is 40.7. The zero-order valence-corrected chi connectivity index (χ0v) is 35.7. The molecule has 3 aliphatic rings. The summed E-state index contributed by atoms with van der Waals surface area (Å²) < 4.78 is 2.66. The number of thiophene rings is 1. The average molecular weight is 804 g/mol. The molecule has 61 heavy (non-hydrogen) atoms. The lowest BCUT2D eigenvalue weighted by molar-refractivity contribution is 0.0426. The van der Waals surface area contributed by atoms with Crippen molar-refractivity contribution < 1.29 is 0 Å². The minimum Gasteiger partial charge on any atom is -0.310 e. The summed E-state index contributed by atoms with van der Waals surface area (Å²) in [5.74, 6) is 2.94. The van der Waals surface area contributed by atoms with Crippen molar-refractivity contribution in [3.63, 3.8) is 0 Å². The Labute approximate surface area is 364 Å². The van der Waals surface area contributed by atoms with Crippen molar-refractivity contribution >= 4 is 48.6 Å². The van der Waals surface area contributed by atoms with Crippen molar-refractivity contribution in [1.82, 2.24) is 0 Å². The van der Waals surface area contributed by atoms with Crippen LogP contribution in [-0.2, 0) is 5.41 Å². The molecule has 0 N–H and O–H groups in total. The minimum atomic E-state index is 0.0759. The molecular formula is C59H49NS. The fourth-order valence-electron chi connectivity index (χ4n) is 12.5. The van der Waals surface area contributed by atoms with Gasteiger partial charge in [0.05, 0.1) is 0 Å². The van der Waals surface area contributed by atoms with E-state index in [9.17, 15) is 0 Å². The largest absolute Gasteiger partial charge is 0.310 e. The first-order chi connectivity index (χ1) is 30.0. The third-order valence-electron chi connectivity index (χ3n) is 14.8. The van der Waals surface area contributed by atoms with E-state index < -0.39 is 0 Å². The molecule has 1 nitrogen and oxygen atoms in total. The first-order valence-corrected chi connectivity index (χ1v) is 23.2. The Hall–Kier alpha value is -6.22. The normalized spacial score (nSPS) is 21.4. The van der Waals surface area contributed by atoms with Crippen molar-refractivity contribution in [2.75, 3.05) is 4.90 Å². The summed E-state index contributed by atoms with van der Waals surface area (Å²) in [6.07, 6.45) is 5.41. The second-order valence-corrected chi connectivity index (χ2v) is 19.4. The van der Waals surface area contributed by atoms with E-state index in [0.717, 1.165) is 23.2 Å². The van der Waals surface area contributed by atoms with Crippen LogP contribution in [-0.4, -0.2) is 0 Å². The summed E-state index contributed by atoms with van der Waals surface area (Å²) in [6.45, 7) is 5.07. The topological polar surface area (TPSA) is 3.24 Å². The zero-order valence-electron chi connectivity index (χ0n) is 34.9. The van der Waals surface area contributed by atoms with Gasteiger partial charge < -0.3 is 4.90 Å². The van der Waals surface area contributed by atoms with Crippen LogP contribution in [0.15, 0.2) is 188 Å². The molecule has 2 saturated carbocycles. The summed E-state index contributed by atoms with van der Waals surface area (Å²) in [4.78, 5) is 2.47. The molecule has 0 aliphatic heterocycles. The van der Waals surface area contributed by atoms with Gasteiger partial charge >= 0.3 is 0 Å². The molecule has 1 unspecified atom stereocenters. The second-order valence-electron chi connectivity index (χ2n) is 18.3. The molecule has 1 aromatic heterocycles. The smallest absolute Gasteiger partial charge is 0.0468 e. The Balaban J connectivity index is 0.985. The second kappa shape index (κ2) is 14.5. The molecular weight excluding hydrogens is 755 g/mol. The Morgan fingerprint density at radius 1 is 0.443 bits per heavy atom. The number of hydrogen-bond donors (Lipinski definition) is 0. The molecule has 8 aromatic carbocycles. The molecule has 9 aromatic rings. The third-order valence-corrected chi connectivity index (χ3v) is 15.9. The Kier molecular flexibility index (Phi) is 8.68. The lowest BCUT2D eigenvalue weighted by atomic mass is 9.49. The first kappa shape index (κ1) is 36.6. The fourth-order valence-corrected chi connectivity index (χ4v) is 13.6. The standard InChI is InChI=1S/C59H49NS/c1-38-33-40-35-39(2)59(44(34-38)36-40)54-20-10-8-17-50(54)53-37-47(31-32-55(53)59)60(45-27-23-42(24-28-45)41-13-4-3-5-14-41)46-29-25-43(26-30-46)48-15-6-7-16-49(48)51-19-12-22-57-58(51)52-18-9-11-21-56(52)61-57/h3-32,37-40,44H,33-36H2,1-2H3/t38-,39+,40-,44-,59?/m0/s1. The van der Waals surface area contributed by atoms with E-state index >= 15 is 0 Å². The minimum absolute atomic E-state index is 0.0759. The van der Waals surface area contributed by atoms with Crippen LogP contribution >= 0.6 is 11.3 Å². The van der Waals surface area contributed by atoms with Crippen LogP contribution < -0.4 is 4.90 Å². The van der Waals surface area contributed by atoms with Crippen molar-refractivity contribution in [2.24, 2.45) is 23.7 Å². The van der Waals surface area contributed by atoms with Gasteiger partial charge in [0.25, 0.3) is 0 Å². The van der Waals surface area contributed by atoms with Gasteiger partial charge in [0, 0.05) is 42.6 Å². The number of hydrogen-bond acceptors (Lipinski definition) is 2. The monoisotopic (exact) mass is 803 g/mol. The lowest BCUT2D eigenvalue weighted by Crippen LogP contribution is -2.49. The highest BCUT2D eigenvalue weighted by Gasteiger charge is 2.56. The van der Waals surface area contributed by atoms with E-state index in [2.05, 4.69) is 207 Å². The van der Waals surface area contributed by atoms with Gasteiger partial charge in [0.15, 0.2) is 0 Å². The van der Waals surface area contributed by atoms with Crippen LogP contribution in [0.3, 0.4) is 0 Å². The summed E-state index contributed by atoms with van der Waals surface area (Å²) in [7, 11) is 0. The average Bonchev–Trinajstić information content (AvgIpc) is 3.83. The van der Waals surface area contributed by atoms with Crippen molar-refractivity contribution in [1.29, 1.82) is 0 Å². The van der Waals surface area contributed by atoms with E-state index in [1.807, 2.05) is 11.3 Å². The van der Waals surface area contributed by atoms with Gasteiger partial charge in [-0.25, -0.2) is 0 Å². The molecule has 2 bridgehead atoms. The van der Waals surface area contributed by atoms with Gasteiger partial charge in [0.2, 0.25) is 0 Å². The SMILES string of the molecule is C[C@H]1C[C@@H]2C[C@H](C1)C1(c3ccccc3-c3cc(N(c4ccc(-c5ccccc5)cc4)c4ccc(-c5ccccc5-c5cccc6sc7ccccc7c56)cc4)ccc31)[C@H](C)C2. The van der Waals surface area contributed by atoms with E-state index in [4.69, 9.17) is 0 Å².